The fourth-order valence-electron chi connectivity index (χ4n) is 1.93. The van der Waals surface area contributed by atoms with Gasteiger partial charge in [-0.15, -0.1) is 0 Å². The van der Waals surface area contributed by atoms with E-state index in [-0.39, 0.29) is 6.42 Å². The van der Waals surface area contributed by atoms with Gasteiger partial charge in [0.25, 0.3) is 0 Å². The quantitative estimate of drug-likeness (QED) is 0.784. The van der Waals surface area contributed by atoms with E-state index in [1.165, 1.54) is 5.56 Å². The van der Waals surface area contributed by atoms with Gasteiger partial charge in [-0.1, -0.05) is 12.1 Å². The summed E-state index contributed by atoms with van der Waals surface area (Å²) in [6.07, 6.45) is 1.11. The largest absolute Gasteiger partial charge is 0.497 e. The third-order valence-electron chi connectivity index (χ3n) is 3.19. The van der Waals surface area contributed by atoms with E-state index in [2.05, 4.69) is 30.9 Å². The summed E-state index contributed by atoms with van der Waals surface area (Å²) in [5, 5.41) is 8.75. The number of carboxylic acid groups (broad SMARTS) is 1. The van der Waals surface area contributed by atoms with E-state index in [1.54, 1.807) is 7.11 Å². The molecule has 0 aliphatic carbocycles. The van der Waals surface area contributed by atoms with Crippen molar-refractivity contribution in [1.29, 1.82) is 0 Å². The summed E-state index contributed by atoms with van der Waals surface area (Å²) in [4.78, 5) is 12.8. The molecule has 0 aliphatic rings. The molecule has 0 saturated carbocycles. The van der Waals surface area contributed by atoms with Crippen molar-refractivity contribution >= 4 is 5.97 Å². The molecule has 1 N–H and O–H groups in total. The molecule has 106 valence electrons. The number of aliphatic carboxylic acids is 1. The number of hydrogen-bond acceptors (Lipinski definition) is 3. The van der Waals surface area contributed by atoms with Crippen LogP contribution in [0.3, 0.4) is 0 Å². The number of carboxylic acids is 1. The SMILES string of the molecule is COc1ccc(CCN(CCC(=O)O)C(C)C)cc1. The molecule has 4 nitrogen and oxygen atoms in total. The zero-order chi connectivity index (χ0) is 14.3. The molecular formula is C15H23NO3. The second-order valence-corrected chi connectivity index (χ2v) is 4.87. The molecule has 0 bridgehead atoms. The maximum atomic E-state index is 10.6. The van der Waals surface area contributed by atoms with Gasteiger partial charge in [-0.05, 0) is 38.0 Å². The molecule has 0 aliphatic heterocycles. The van der Waals surface area contributed by atoms with E-state index in [1.807, 2.05) is 12.1 Å². The molecular weight excluding hydrogens is 242 g/mol. The number of methoxy groups -OCH3 is 1. The lowest BCUT2D eigenvalue weighted by atomic mass is 10.1. The van der Waals surface area contributed by atoms with Crippen molar-refractivity contribution in [3.63, 3.8) is 0 Å². The van der Waals surface area contributed by atoms with Gasteiger partial charge in [0, 0.05) is 19.1 Å². The third kappa shape index (κ3) is 5.75. The lowest BCUT2D eigenvalue weighted by molar-refractivity contribution is -0.137. The Morgan fingerprint density at radius 1 is 1.26 bits per heavy atom. The average Bonchev–Trinajstić information content (AvgIpc) is 2.38. The standard InChI is InChI=1S/C15H23NO3/c1-12(2)16(11-9-15(17)18)10-8-13-4-6-14(19-3)7-5-13/h4-7,12H,8-11H2,1-3H3,(H,17,18). The highest BCUT2D eigenvalue weighted by Gasteiger charge is 2.11. The van der Waals surface area contributed by atoms with Gasteiger partial charge in [0.15, 0.2) is 0 Å². The van der Waals surface area contributed by atoms with Gasteiger partial charge in [-0.2, -0.15) is 0 Å². The number of rotatable bonds is 8. The Bertz CT molecular complexity index is 387. The summed E-state index contributed by atoms with van der Waals surface area (Å²) in [5.41, 5.74) is 1.24. The molecule has 1 rings (SSSR count). The maximum Gasteiger partial charge on any atom is 0.304 e. The second-order valence-electron chi connectivity index (χ2n) is 4.87. The van der Waals surface area contributed by atoms with Crippen LogP contribution in [0.25, 0.3) is 0 Å². The minimum absolute atomic E-state index is 0.195. The first-order valence-corrected chi connectivity index (χ1v) is 6.61. The Labute approximate surface area is 115 Å². The van der Waals surface area contributed by atoms with Crippen molar-refractivity contribution in [3.8, 4) is 5.75 Å². The van der Waals surface area contributed by atoms with Crippen molar-refractivity contribution in [3.05, 3.63) is 29.8 Å². The molecule has 0 heterocycles. The Hall–Kier alpha value is -1.55. The van der Waals surface area contributed by atoms with E-state index in [9.17, 15) is 4.79 Å². The summed E-state index contributed by atoms with van der Waals surface area (Å²) < 4.78 is 5.12. The molecule has 0 atom stereocenters. The Kier molecular flexibility index (Phi) is 6.36. The summed E-state index contributed by atoms with van der Waals surface area (Å²) >= 11 is 0. The minimum atomic E-state index is -0.741. The molecule has 1 aromatic carbocycles. The molecule has 0 radical (unpaired) electrons. The summed E-state index contributed by atoms with van der Waals surface area (Å²) in [7, 11) is 1.65. The van der Waals surface area contributed by atoms with Gasteiger partial charge in [-0.25, -0.2) is 0 Å². The Morgan fingerprint density at radius 2 is 1.89 bits per heavy atom. The van der Waals surface area contributed by atoms with Crippen LogP contribution in [0.15, 0.2) is 24.3 Å². The van der Waals surface area contributed by atoms with Crippen molar-refractivity contribution in [2.24, 2.45) is 0 Å². The number of benzene rings is 1. The average molecular weight is 265 g/mol. The van der Waals surface area contributed by atoms with Crippen molar-refractivity contribution < 1.29 is 14.6 Å². The molecule has 1 aromatic rings. The Balaban J connectivity index is 2.48. The van der Waals surface area contributed by atoms with Crippen molar-refractivity contribution in [2.75, 3.05) is 20.2 Å². The molecule has 19 heavy (non-hydrogen) atoms. The van der Waals surface area contributed by atoms with Crippen LogP contribution in [0.1, 0.15) is 25.8 Å². The van der Waals surface area contributed by atoms with E-state index in [0.717, 1.165) is 18.7 Å². The van der Waals surface area contributed by atoms with E-state index >= 15 is 0 Å². The molecule has 0 unspecified atom stereocenters. The van der Waals surface area contributed by atoms with Gasteiger partial charge in [0.1, 0.15) is 5.75 Å². The minimum Gasteiger partial charge on any atom is -0.497 e. The van der Waals surface area contributed by atoms with Crippen LogP contribution >= 0.6 is 0 Å². The molecule has 0 saturated heterocycles. The van der Waals surface area contributed by atoms with Crippen molar-refractivity contribution in [1.82, 2.24) is 4.90 Å². The van der Waals surface area contributed by atoms with E-state index in [0.29, 0.717) is 12.6 Å². The summed E-state index contributed by atoms with van der Waals surface area (Å²) in [6.45, 7) is 5.66. The first kappa shape index (κ1) is 15.5. The fourth-order valence-corrected chi connectivity index (χ4v) is 1.93. The summed E-state index contributed by atoms with van der Waals surface area (Å²) in [5.74, 6) is 0.116. The van der Waals surface area contributed by atoms with Crippen LogP contribution in [0.4, 0.5) is 0 Å². The van der Waals surface area contributed by atoms with Gasteiger partial charge < -0.3 is 14.7 Å². The van der Waals surface area contributed by atoms with Crippen LogP contribution in [0.2, 0.25) is 0 Å². The highest BCUT2D eigenvalue weighted by Crippen LogP contribution is 2.12. The number of nitrogens with zero attached hydrogens (tertiary/aromatic N) is 1. The number of carbonyl (C=O) groups is 1. The van der Waals surface area contributed by atoms with Crippen LogP contribution in [0, 0.1) is 0 Å². The normalized spacial score (nSPS) is 11.0. The zero-order valence-electron chi connectivity index (χ0n) is 11.9. The second kappa shape index (κ2) is 7.79. The summed E-state index contributed by atoms with van der Waals surface area (Å²) in [6, 6.07) is 8.36. The number of hydrogen-bond donors (Lipinski definition) is 1. The number of ether oxygens (including phenoxy) is 1. The van der Waals surface area contributed by atoms with Crippen LogP contribution < -0.4 is 4.74 Å². The van der Waals surface area contributed by atoms with Gasteiger partial charge in [0.05, 0.1) is 13.5 Å². The molecule has 0 fully saturated rings. The zero-order valence-corrected chi connectivity index (χ0v) is 11.9. The smallest absolute Gasteiger partial charge is 0.304 e. The lowest BCUT2D eigenvalue weighted by Crippen LogP contribution is -2.34. The topological polar surface area (TPSA) is 49.8 Å². The molecule has 0 aromatic heterocycles. The highest BCUT2D eigenvalue weighted by atomic mass is 16.5. The first-order chi connectivity index (χ1) is 9.02. The predicted molar refractivity (Wildman–Crippen MR) is 75.7 cm³/mol. The lowest BCUT2D eigenvalue weighted by Gasteiger charge is -2.25. The third-order valence-corrected chi connectivity index (χ3v) is 3.19. The van der Waals surface area contributed by atoms with Crippen LogP contribution in [-0.4, -0.2) is 42.2 Å². The van der Waals surface area contributed by atoms with E-state index in [4.69, 9.17) is 9.84 Å². The first-order valence-electron chi connectivity index (χ1n) is 6.61. The molecule has 0 amide bonds. The van der Waals surface area contributed by atoms with Crippen molar-refractivity contribution in [2.45, 2.75) is 32.7 Å². The predicted octanol–water partition coefficient (Wildman–Crippen LogP) is 2.42. The molecule has 4 heteroatoms. The van der Waals surface area contributed by atoms with Gasteiger partial charge in [-0.3, -0.25) is 4.79 Å². The van der Waals surface area contributed by atoms with Gasteiger partial charge in [0.2, 0.25) is 0 Å². The fraction of sp³-hybridized carbons (Fsp3) is 0.533. The van der Waals surface area contributed by atoms with Gasteiger partial charge >= 0.3 is 5.97 Å². The van der Waals surface area contributed by atoms with Crippen LogP contribution in [-0.2, 0) is 11.2 Å². The Morgan fingerprint density at radius 3 is 2.37 bits per heavy atom. The van der Waals surface area contributed by atoms with Crippen LogP contribution in [0.5, 0.6) is 5.75 Å². The maximum absolute atomic E-state index is 10.6. The monoisotopic (exact) mass is 265 g/mol. The van der Waals surface area contributed by atoms with E-state index < -0.39 is 5.97 Å². The highest BCUT2D eigenvalue weighted by molar-refractivity contribution is 5.66. The molecule has 0 spiro atoms.